The summed E-state index contributed by atoms with van der Waals surface area (Å²) in [7, 11) is 3.27. The van der Waals surface area contributed by atoms with Gasteiger partial charge in [0.15, 0.2) is 0 Å². The molecule has 5 heteroatoms. The molecule has 1 heterocycles. The molecular weight excluding hydrogens is 366 g/mol. The minimum Gasteiger partial charge on any atom is -0.496 e. The molecule has 3 aromatic rings. The highest BCUT2D eigenvalue weighted by Gasteiger charge is 2.20. The molecule has 0 aliphatic rings. The number of aryl methyl sites for hydroxylation is 1. The molecule has 0 radical (unpaired) electrons. The summed E-state index contributed by atoms with van der Waals surface area (Å²) < 4.78 is 17.1. The van der Waals surface area contributed by atoms with Crippen LogP contribution in [0.5, 0.6) is 11.5 Å². The van der Waals surface area contributed by atoms with Crippen LogP contribution in [0.3, 0.4) is 0 Å². The van der Waals surface area contributed by atoms with Crippen molar-refractivity contribution in [1.82, 2.24) is 5.32 Å². The van der Waals surface area contributed by atoms with Gasteiger partial charge >= 0.3 is 0 Å². The van der Waals surface area contributed by atoms with Crippen LogP contribution in [-0.2, 0) is 4.79 Å². The van der Waals surface area contributed by atoms with Crippen molar-refractivity contribution in [3.63, 3.8) is 0 Å². The average molecular weight is 391 g/mol. The number of fused-ring (bicyclic) bond motifs is 1. The summed E-state index contributed by atoms with van der Waals surface area (Å²) in [4.78, 5) is 12.1. The van der Waals surface area contributed by atoms with E-state index in [1.807, 2.05) is 44.2 Å². The first kappa shape index (κ1) is 20.3. The molecule has 0 spiro atoms. The maximum atomic E-state index is 12.1. The van der Waals surface area contributed by atoms with E-state index < -0.39 is 0 Å². The molecule has 0 bridgehead atoms. The Bertz CT molecular complexity index is 1090. The van der Waals surface area contributed by atoms with E-state index in [1.54, 1.807) is 32.6 Å². The first-order chi connectivity index (χ1) is 14.0. The number of ether oxygens (including phenoxy) is 2. The minimum absolute atomic E-state index is 0.181. The Morgan fingerprint density at radius 3 is 2.66 bits per heavy atom. The first-order valence-corrected chi connectivity index (χ1v) is 9.31. The number of benzene rings is 2. The van der Waals surface area contributed by atoms with Crippen LogP contribution < -0.4 is 14.8 Å². The Kier molecular flexibility index (Phi) is 6.07. The second-order valence-electron chi connectivity index (χ2n) is 6.67. The standard InChI is InChI=1S/C24H25NO4/c1-6-11-25-22(26)12-15(2)18-13-19-20(17-9-7-8-10-21(17)27-4)14-29-24(19)16(3)23(18)28-5/h6-10,12-14H,1,11H2,2-5H3,(H,25,26)/b15-12+. The van der Waals surface area contributed by atoms with Gasteiger partial charge in [-0.2, -0.15) is 0 Å². The van der Waals surface area contributed by atoms with Crippen LogP contribution in [0.1, 0.15) is 18.1 Å². The number of hydrogen-bond acceptors (Lipinski definition) is 4. The van der Waals surface area contributed by atoms with E-state index in [1.165, 1.54) is 0 Å². The van der Waals surface area contributed by atoms with E-state index in [0.29, 0.717) is 12.3 Å². The third-order valence-electron chi connectivity index (χ3n) is 4.84. The molecule has 29 heavy (non-hydrogen) atoms. The number of methoxy groups -OCH3 is 2. The molecule has 1 N–H and O–H groups in total. The van der Waals surface area contributed by atoms with Gasteiger partial charge in [0.1, 0.15) is 17.1 Å². The predicted molar refractivity (Wildman–Crippen MR) is 116 cm³/mol. The Labute approximate surface area is 170 Å². The van der Waals surface area contributed by atoms with Gasteiger partial charge in [0.05, 0.1) is 20.5 Å². The summed E-state index contributed by atoms with van der Waals surface area (Å²) in [6.07, 6.45) is 4.94. The molecule has 0 saturated heterocycles. The second-order valence-corrected chi connectivity index (χ2v) is 6.67. The quantitative estimate of drug-likeness (QED) is 0.448. The molecule has 5 nitrogen and oxygen atoms in total. The van der Waals surface area contributed by atoms with E-state index in [4.69, 9.17) is 13.9 Å². The zero-order valence-corrected chi connectivity index (χ0v) is 17.2. The summed E-state index contributed by atoms with van der Waals surface area (Å²) in [6, 6.07) is 9.80. The fourth-order valence-corrected chi connectivity index (χ4v) is 3.45. The van der Waals surface area contributed by atoms with Gasteiger partial charge in [0, 0.05) is 40.3 Å². The Hall–Kier alpha value is -3.47. The number of furan rings is 1. The lowest BCUT2D eigenvalue weighted by Crippen LogP contribution is -2.20. The molecular formula is C24H25NO4. The van der Waals surface area contributed by atoms with Gasteiger partial charge < -0.3 is 19.2 Å². The molecule has 1 amide bonds. The Morgan fingerprint density at radius 1 is 1.21 bits per heavy atom. The van der Waals surface area contributed by atoms with Crippen molar-refractivity contribution < 1.29 is 18.7 Å². The van der Waals surface area contributed by atoms with Crippen molar-refractivity contribution in [3.8, 4) is 22.6 Å². The van der Waals surface area contributed by atoms with E-state index in [2.05, 4.69) is 11.9 Å². The van der Waals surface area contributed by atoms with Crippen molar-refractivity contribution in [2.45, 2.75) is 13.8 Å². The summed E-state index contributed by atoms with van der Waals surface area (Å²) in [5.74, 6) is 1.27. The molecule has 2 aromatic carbocycles. The first-order valence-electron chi connectivity index (χ1n) is 9.31. The van der Waals surface area contributed by atoms with Crippen LogP contribution in [0.25, 0.3) is 27.7 Å². The number of amides is 1. The third-order valence-corrected chi connectivity index (χ3v) is 4.84. The monoisotopic (exact) mass is 391 g/mol. The predicted octanol–water partition coefficient (Wildman–Crippen LogP) is 5.13. The highest BCUT2D eigenvalue weighted by atomic mass is 16.5. The molecule has 0 saturated carbocycles. The summed E-state index contributed by atoms with van der Waals surface area (Å²) >= 11 is 0. The van der Waals surface area contributed by atoms with Crippen LogP contribution in [-0.4, -0.2) is 26.7 Å². The lowest BCUT2D eigenvalue weighted by Gasteiger charge is -2.14. The highest BCUT2D eigenvalue weighted by molar-refractivity contribution is 6.02. The van der Waals surface area contributed by atoms with Crippen LogP contribution >= 0.6 is 0 Å². The maximum absolute atomic E-state index is 12.1. The van der Waals surface area contributed by atoms with Crippen LogP contribution in [0.2, 0.25) is 0 Å². The molecule has 3 rings (SSSR count). The molecule has 0 fully saturated rings. The van der Waals surface area contributed by atoms with Gasteiger partial charge in [-0.05, 0) is 31.6 Å². The van der Waals surface area contributed by atoms with Crippen molar-refractivity contribution in [1.29, 1.82) is 0 Å². The van der Waals surface area contributed by atoms with Crippen molar-refractivity contribution in [2.75, 3.05) is 20.8 Å². The number of hydrogen-bond donors (Lipinski definition) is 1. The summed E-state index contributed by atoms with van der Waals surface area (Å²) in [5, 5.41) is 3.69. The van der Waals surface area contributed by atoms with Gasteiger partial charge in [0.25, 0.3) is 0 Å². The smallest absolute Gasteiger partial charge is 0.244 e. The molecule has 1 aromatic heterocycles. The van der Waals surface area contributed by atoms with Crippen molar-refractivity contribution in [2.24, 2.45) is 0 Å². The van der Waals surface area contributed by atoms with Gasteiger partial charge in [0.2, 0.25) is 5.91 Å². The number of carbonyl (C=O) groups excluding carboxylic acids is 1. The van der Waals surface area contributed by atoms with Gasteiger partial charge in [-0.1, -0.05) is 24.3 Å². The second kappa shape index (κ2) is 8.69. The molecule has 150 valence electrons. The topological polar surface area (TPSA) is 60.7 Å². The molecule has 0 aliphatic carbocycles. The summed E-state index contributed by atoms with van der Waals surface area (Å²) in [6.45, 7) is 7.87. The van der Waals surface area contributed by atoms with Crippen molar-refractivity contribution >= 4 is 22.4 Å². The van der Waals surface area contributed by atoms with Gasteiger partial charge in [-0.25, -0.2) is 0 Å². The van der Waals surface area contributed by atoms with Crippen LogP contribution in [0.15, 0.2) is 59.7 Å². The highest BCUT2D eigenvalue weighted by Crippen LogP contribution is 2.42. The van der Waals surface area contributed by atoms with E-state index in [-0.39, 0.29) is 5.91 Å². The molecule has 0 unspecified atom stereocenters. The van der Waals surface area contributed by atoms with Crippen LogP contribution in [0.4, 0.5) is 0 Å². The Balaban J connectivity index is 2.20. The zero-order chi connectivity index (χ0) is 21.0. The minimum atomic E-state index is -0.181. The number of para-hydroxylation sites is 1. The lowest BCUT2D eigenvalue weighted by molar-refractivity contribution is -0.116. The maximum Gasteiger partial charge on any atom is 0.244 e. The van der Waals surface area contributed by atoms with Gasteiger partial charge in [-0.15, -0.1) is 6.58 Å². The molecule has 0 aliphatic heterocycles. The normalized spacial score (nSPS) is 11.4. The third kappa shape index (κ3) is 3.90. The fourth-order valence-electron chi connectivity index (χ4n) is 3.45. The fraction of sp³-hybridized carbons (Fsp3) is 0.208. The van der Waals surface area contributed by atoms with E-state index in [9.17, 15) is 4.79 Å². The number of allylic oxidation sites excluding steroid dienone is 1. The SMILES string of the molecule is C=CCNC(=O)/C=C(\C)c1cc2c(-c3ccccc3OC)coc2c(C)c1OC. The molecule has 0 atom stereocenters. The summed E-state index contributed by atoms with van der Waals surface area (Å²) in [5.41, 5.74) is 5.11. The zero-order valence-electron chi connectivity index (χ0n) is 17.2. The van der Waals surface area contributed by atoms with Gasteiger partial charge in [-0.3, -0.25) is 4.79 Å². The number of rotatable bonds is 7. The Morgan fingerprint density at radius 2 is 1.97 bits per heavy atom. The largest absolute Gasteiger partial charge is 0.496 e. The average Bonchev–Trinajstić information content (AvgIpc) is 3.16. The van der Waals surface area contributed by atoms with E-state index >= 15 is 0 Å². The van der Waals surface area contributed by atoms with Crippen LogP contribution in [0, 0.1) is 6.92 Å². The van der Waals surface area contributed by atoms with Crippen molar-refractivity contribution in [3.05, 3.63) is 66.5 Å². The number of carbonyl (C=O) groups is 1. The number of nitrogens with one attached hydrogen (secondary N) is 1. The van der Waals surface area contributed by atoms with E-state index in [0.717, 1.165) is 44.5 Å². The lowest BCUT2D eigenvalue weighted by atomic mass is 9.96.